The summed E-state index contributed by atoms with van der Waals surface area (Å²) < 4.78 is 16.9. The molecule has 1 N–H and O–H groups in total. The maximum atomic E-state index is 12.6. The van der Waals surface area contributed by atoms with Crippen LogP contribution in [0.3, 0.4) is 0 Å². The Hall–Kier alpha value is -3.06. The van der Waals surface area contributed by atoms with Gasteiger partial charge in [0, 0.05) is 10.9 Å². The number of carbonyl (C=O) groups is 2. The molecular formula is C22H20BrNO5. The Morgan fingerprint density at radius 3 is 2.55 bits per heavy atom. The zero-order valence-corrected chi connectivity index (χ0v) is 17.1. The maximum absolute atomic E-state index is 12.6. The van der Waals surface area contributed by atoms with E-state index in [-0.39, 0.29) is 19.0 Å². The second kappa shape index (κ2) is 10.5. The molecule has 0 radical (unpaired) electrons. The second-order valence-corrected chi connectivity index (χ2v) is 7.08. The van der Waals surface area contributed by atoms with Crippen molar-refractivity contribution < 1.29 is 23.5 Å². The molecule has 7 heteroatoms. The molecule has 0 aliphatic heterocycles. The van der Waals surface area contributed by atoms with Crippen molar-refractivity contribution in [1.82, 2.24) is 5.32 Å². The predicted molar refractivity (Wildman–Crippen MR) is 111 cm³/mol. The molecule has 0 aliphatic rings. The van der Waals surface area contributed by atoms with Crippen LogP contribution < -0.4 is 10.1 Å². The molecule has 0 aliphatic carbocycles. The van der Waals surface area contributed by atoms with Crippen molar-refractivity contribution in [2.75, 3.05) is 13.2 Å². The molecule has 1 atom stereocenters. The highest BCUT2D eigenvalue weighted by atomic mass is 79.9. The third-order valence-corrected chi connectivity index (χ3v) is 4.50. The molecule has 29 heavy (non-hydrogen) atoms. The summed E-state index contributed by atoms with van der Waals surface area (Å²) in [5.41, 5.74) is 0.902. The normalized spacial score (nSPS) is 11.5. The van der Waals surface area contributed by atoms with Gasteiger partial charge in [0.15, 0.2) is 5.76 Å². The van der Waals surface area contributed by atoms with Gasteiger partial charge in [-0.15, -0.1) is 0 Å². The van der Waals surface area contributed by atoms with Gasteiger partial charge in [0.2, 0.25) is 0 Å². The summed E-state index contributed by atoms with van der Waals surface area (Å²) in [5.74, 6) is -0.207. The number of halogens is 1. The summed E-state index contributed by atoms with van der Waals surface area (Å²) >= 11 is 3.37. The van der Waals surface area contributed by atoms with E-state index in [4.69, 9.17) is 13.9 Å². The molecule has 2 aromatic carbocycles. The summed E-state index contributed by atoms with van der Waals surface area (Å²) in [7, 11) is 0. The van der Waals surface area contributed by atoms with E-state index < -0.39 is 17.9 Å². The maximum Gasteiger partial charge on any atom is 0.329 e. The van der Waals surface area contributed by atoms with Crippen LogP contribution in [0.15, 0.2) is 81.9 Å². The number of rotatable bonds is 9. The van der Waals surface area contributed by atoms with E-state index in [1.807, 2.05) is 54.6 Å². The number of nitrogens with one attached hydrogen (secondary N) is 1. The Balaban J connectivity index is 1.56. The quantitative estimate of drug-likeness (QED) is 0.388. The SMILES string of the molecule is O=C(NC(Cc1ccccc1)C(=O)OCCOc1cccc(Br)c1)c1ccco1. The minimum absolute atomic E-state index is 0.0628. The first-order valence-electron chi connectivity index (χ1n) is 9.05. The molecule has 3 aromatic rings. The first kappa shape index (κ1) is 20.7. The van der Waals surface area contributed by atoms with Crippen molar-refractivity contribution in [1.29, 1.82) is 0 Å². The molecule has 150 valence electrons. The fraction of sp³-hybridized carbons (Fsp3) is 0.182. The van der Waals surface area contributed by atoms with Gasteiger partial charge in [-0.05, 0) is 35.9 Å². The number of carbonyl (C=O) groups excluding carboxylic acids is 2. The van der Waals surface area contributed by atoms with Gasteiger partial charge in [-0.2, -0.15) is 0 Å². The topological polar surface area (TPSA) is 77.8 Å². The highest BCUT2D eigenvalue weighted by Gasteiger charge is 2.24. The first-order chi connectivity index (χ1) is 14.1. The Bertz CT molecular complexity index is 927. The number of esters is 1. The summed E-state index contributed by atoms with van der Waals surface area (Å²) in [6.45, 7) is 0.264. The van der Waals surface area contributed by atoms with Gasteiger partial charge in [0.25, 0.3) is 5.91 Å². The van der Waals surface area contributed by atoms with Gasteiger partial charge < -0.3 is 19.2 Å². The Labute approximate surface area is 176 Å². The molecule has 3 rings (SSSR count). The Morgan fingerprint density at radius 2 is 1.83 bits per heavy atom. The Morgan fingerprint density at radius 1 is 1.00 bits per heavy atom. The molecule has 0 bridgehead atoms. The number of benzene rings is 2. The van der Waals surface area contributed by atoms with Crippen LogP contribution in [0.4, 0.5) is 0 Å². The van der Waals surface area contributed by atoms with Crippen molar-refractivity contribution in [3.05, 3.63) is 88.8 Å². The molecule has 0 fully saturated rings. The summed E-state index contributed by atoms with van der Waals surface area (Å²) in [4.78, 5) is 24.9. The van der Waals surface area contributed by atoms with Crippen molar-refractivity contribution in [3.8, 4) is 5.75 Å². The zero-order chi connectivity index (χ0) is 20.5. The number of furan rings is 1. The third kappa shape index (κ3) is 6.50. The largest absolute Gasteiger partial charge is 0.490 e. The van der Waals surface area contributed by atoms with Gasteiger partial charge in [0.1, 0.15) is 25.0 Å². The summed E-state index contributed by atoms with van der Waals surface area (Å²) in [5, 5.41) is 2.68. The number of hydrogen-bond acceptors (Lipinski definition) is 5. The van der Waals surface area contributed by atoms with E-state index in [2.05, 4.69) is 21.2 Å². The van der Waals surface area contributed by atoms with Gasteiger partial charge in [0.05, 0.1) is 6.26 Å². The zero-order valence-electron chi connectivity index (χ0n) is 15.5. The minimum atomic E-state index is -0.846. The molecule has 0 saturated heterocycles. The molecule has 1 aromatic heterocycles. The van der Waals surface area contributed by atoms with Crippen molar-refractivity contribution in [3.63, 3.8) is 0 Å². The molecule has 1 amide bonds. The molecule has 6 nitrogen and oxygen atoms in total. The van der Waals surface area contributed by atoms with Crippen LogP contribution in [0.2, 0.25) is 0 Å². The van der Waals surface area contributed by atoms with Crippen molar-refractivity contribution in [2.24, 2.45) is 0 Å². The number of ether oxygens (including phenoxy) is 2. The lowest BCUT2D eigenvalue weighted by atomic mass is 10.1. The van der Waals surface area contributed by atoms with E-state index in [0.717, 1.165) is 10.0 Å². The molecule has 1 unspecified atom stereocenters. The standard InChI is InChI=1S/C22H20BrNO5/c23-17-8-4-9-18(15-17)27-12-13-29-22(26)19(14-16-6-2-1-3-7-16)24-21(25)20-10-5-11-28-20/h1-11,15,19H,12-14H2,(H,24,25). The van der Waals surface area contributed by atoms with Crippen LogP contribution in [0.5, 0.6) is 5.75 Å². The first-order valence-corrected chi connectivity index (χ1v) is 9.84. The lowest BCUT2D eigenvalue weighted by Crippen LogP contribution is -2.43. The van der Waals surface area contributed by atoms with Gasteiger partial charge in [-0.3, -0.25) is 4.79 Å². The lowest BCUT2D eigenvalue weighted by molar-refractivity contribution is -0.146. The fourth-order valence-electron chi connectivity index (χ4n) is 2.64. The number of amides is 1. The van der Waals surface area contributed by atoms with E-state index in [1.165, 1.54) is 12.3 Å². The van der Waals surface area contributed by atoms with E-state index in [1.54, 1.807) is 6.07 Å². The summed E-state index contributed by atoms with van der Waals surface area (Å²) in [6, 6.07) is 19.1. The predicted octanol–water partition coefficient (Wildman–Crippen LogP) is 4.01. The summed E-state index contributed by atoms with van der Waals surface area (Å²) in [6.07, 6.45) is 1.71. The van der Waals surface area contributed by atoms with Crippen molar-refractivity contribution in [2.45, 2.75) is 12.5 Å². The highest BCUT2D eigenvalue weighted by Crippen LogP contribution is 2.17. The van der Waals surface area contributed by atoms with Crippen LogP contribution in [-0.4, -0.2) is 31.1 Å². The lowest BCUT2D eigenvalue weighted by Gasteiger charge is -2.17. The highest BCUT2D eigenvalue weighted by molar-refractivity contribution is 9.10. The van der Waals surface area contributed by atoms with Crippen LogP contribution in [0.1, 0.15) is 16.1 Å². The van der Waals surface area contributed by atoms with Crippen LogP contribution in [-0.2, 0) is 16.0 Å². The van der Waals surface area contributed by atoms with Crippen LogP contribution >= 0.6 is 15.9 Å². The van der Waals surface area contributed by atoms with E-state index in [9.17, 15) is 9.59 Å². The third-order valence-electron chi connectivity index (χ3n) is 4.01. The fourth-order valence-corrected chi connectivity index (χ4v) is 3.02. The van der Waals surface area contributed by atoms with Gasteiger partial charge in [-0.1, -0.05) is 52.3 Å². The van der Waals surface area contributed by atoms with Gasteiger partial charge in [-0.25, -0.2) is 4.79 Å². The average Bonchev–Trinajstić information content (AvgIpc) is 3.26. The molecule has 0 saturated carbocycles. The van der Waals surface area contributed by atoms with Gasteiger partial charge >= 0.3 is 5.97 Å². The van der Waals surface area contributed by atoms with Crippen molar-refractivity contribution >= 4 is 27.8 Å². The van der Waals surface area contributed by atoms with Crippen LogP contribution in [0, 0.1) is 0 Å². The second-order valence-electron chi connectivity index (χ2n) is 6.17. The van der Waals surface area contributed by atoms with Crippen LogP contribution in [0.25, 0.3) is 0 Å². The van der Waals surface area contributed by atoms with E-state index >= 15 is 0 Å². The smallest absolute Gasteiger partial charge is 0.329 e. The molecular weight excluding hydrogens is 438 g/mol. The Kier molecular flexibility index (Phi) is 7.47. The number of hydrogen-bond donors (Lipinski definition) is 1. The molecule has 0 spiro atoms. The van der Waals surface area contributed by atoms with E-state index in [0.29, 0.717) is 12.2 Å². The molecule has 1 heterocycles. The monoisotopic (exact) mass is 457 g/mol. The minimum Gasteiger partial charge on any atom is -0.490 e. The average molecular weight is 458 g/mol.